The van der Waals surface area contributed by atoms with Gasteiger partial charge in [0.15, 0.2) is 0 Å². The van der Waals surface area contributed by atoms with Gasteiger partial charge < -0.3 is 5.32 Å². The highest BCUT2D eigenvalue weighted by molar-refractivity contribution is 6.31. The lowest BCUT2D eigenvalue weighted by Gasteiger charge is -2.14. The first-order chi connectivity index (χ1) is 8.56. The number of benzene rings is 1. The number of hydrogen-bond acceptors (Lipinski definition) is 3. The lowest BCUT2D eigenvalue weighted by Crippen LogP contribution is -2.25. The van der Waals surface area contributed by atoms with Crippen LogP contribution in [0.25, 0.3) is 0 Å². The van der Waals surface area contributed by atoms with Crippen molar-refractivity contribution in [3.05, 3.63) is 38.9 Å². The highest BCUT2D eigenvalue weighted by atomic mass is 35.5. The summed E-state index contributed by atoms with van der Waals surface area (Å²) in [7, 11) is 0. The van der Waals surface area contributed by atoms with Crippen molar-refractivity contribution in [3.8, 4) is 0 Å². The number of rotatable bonds is 7. The SMILES string of the molecule is CCCCC(C)NCc1c(Cl)cccc1[N+](=O)[O-]. The molecule has 1 aromatic carbocycles. The molecular weight excluding hydrogens is 252 g/mol. The van der Waals surface area contributed by atoms with E-state index in [-0.39, 0.29) is 10.6 Å². The third-order valence-corrected chi connectivity index (χ3v) is 3.26. The Morgan fingerprint density at radius 3 is 2.83 bits per heavy atom. The van der Waals surface area contributed by atoms with Crippen LogP contribution in [0.5, 0.6) is 0 Å². The van der Waals surface area contributed by atoms with E-state index >= 15 is 0 Å². The van der Waals surface area contributed by atoms with Gasteiger partial charge in [-0.3, -0.25) is 10.1 Å². The summed E-state index contributed by atoms with van der Waals surface area (Å²) in [5, 5.41) is 14.6. The van der Waals surface area contributed by atoms with E-state index in [1.165, 1.54) is 6.07 Å². The van der Waals surface area contributed by atoms with Crippen molar-refractivity contribution in [1.29, 1.82) is 0 Å². The van der Waals surface area contributed by atoms with Gasteiger partial charge >= 0.3 is 0 Å². The normalized spacial score (nSPS) is 12.4. The molecule has 0 aliphatic carbocycles. The van der Waals surface area contributed by atoms with Gasteiger partial charge in [0.1, 0.15) is 0 Å². The van der Waals surface area contributed by atoms with Gasteiger partial charge in [0.25, 0.3) is 5.69 Å². The molecule has 1 unspecified atom stereocenters. The number of hydrogen-bond donors (Lipinski definition) is 1. The van der Waals surface area contributed by atoms with Gasteiger partial charge in [-0.25, -0.2) is 0 Å². The summed E-state index contributed by atoms with van der Waals surface area (Å²) in [6.07, 6.45) is 3.37. The molecule has 1 atom stereocenters. The zero-order valence-electron chi connectivity index (χ0n) is 10.8. The summed E-state index contributed by atoms with van der Waals surface area (Å²) in [5.74, 6) is 0. The number of unbranched alkanes of at least 4 members (excludes halogenated alkanes) is 1. The first-order valence-electron chi connectivity index (χ1n) is 6.21. The largest absolute Gasteiger partial charge is 0.310 e. The molecule has 0 spiro atoms. The molecule has 1 N–H and O–H groups in total. The Balaban J connectivity index is 2.69. The molecule has 4 nitrogen and oxygen atoms in total. The quantitative estimate of drug-likeness (QED) is 0.603. The van der Waals surface area contributed by atoms with Crippen molar-refractivity contribution in [3.63, 3.8) is 0 Å². The number of nitrogens with one attached hydrogen (secondary N) is 1. The van der Waals surface area contributed by atoms with E-state index in [2.05, 4.69) is 19.2 Å². The van der Waals surface area contributed by atoms with Gasteiger partial charge in [-0.2, -0.15) is 0 Å². The van der Waals surface area contributed by atoms with E-state index in [1.807, 2.05) is 0 Å². The molecule has 18 heavy (non-hydrogen) atoms. The number of nitro benzene ring substituents is 1. The second kappa shape index (κ2) is 7.34. The molecular formula is C13H19ClN2O2. The molecule has 5 heteroatoms. The fraction of sp³-hybridized carbons (Fsp3) is 0.538. The van der Waals surface area contributed by atoms with Gasteiger partial charge in [-0.1, -0.05) is 37.4 Å². The Hall–Kier alpha value is -1.13. The number of halogens is 1. The standard InChI is InChI=1S/C13H19ClN2O2/c1-3-4-6-10(2)15-9-11-12(14)7-5-8-13(11)16(17)18/h5,7-8,10,15H,3-4,6,9H2,1-2H3. The molecule has 0 aromatic heterocycles. The summed E-state index contributed by atoms with van der Waals surface area (Å²) in [6.45, 7) is 4.66. The van der Waals surface area contributed by atoms with Crippen LogP contribution in [-0.4, -0.2) is 11.0 Å². The Labute approximate surface area is 112 Å². The predicted octanol–water partition coefficient (Wildman–Crippen LogP) is 3.92. The van der Waals surface area contributed by atoms with Gasteiger partial charge in [-0.15, -0.1) is 0 Å². The summed E-state index contributed by atoms with van der Waals surface area (Å²) >= 11 is 6.02. The molecule has 0 heterocycles. The summed E-state index contributed by atoms with van der Waals surface area (Å²) in [5.41, 5.74) is 0.644. The molecule has 0 saturated heterocycles. The zero-order chi connectivity index (χ0) is 13.5. The molecule has 0 fully saturated rings. The first-order valence-corrected chi connectivity index (χ1v) is 6.59. The average Bonchev–Trinajstić information content (AvgIpc) is 2.34. The van der Waals surface area contributed by atoms with E-state index in [4.69, 9.17) is 11.6 Å². The molecule has 1 rings (SSSR count). The van der Waals surface area contributed by atoms with Crippen molar-refractivity contribution < 1.29 is 4.92 Å². The second-order valence-electron chi connectivity index (χ2n) is 4.42. The molecule has 1 aromatic rings. The molecule has 0 radical (unpaired) electrons. The third-order valence-electron chi connectivity index (χ3n) is 2.91. The molecule has 0 bridgehead atoms. The third kappa shape index (κ3) is 4.27. The first kappa shape index (κ1) is 14.9. The highest BCUT2D eigenvalue weighted by Gasteiger charge is 2.16. The topological polar surface area (TPSA) is 55.2 Å². The lowest BCUT2D eigenvalue weighted by atomic mass is 10.1. The van der Waals surface area contributed by atoms with E-state index in [0.717, 1.165) is 19.3 Å². The Morgan fingerprint density at radius 1 is 1.50 bits per heavy atom. The van der Waals surface area contributed by atoms with Crippen molar-refractivity contribution in [2.45, 2.75) is 45.7 Å². The van der Waals surface area contributed by atoms with Crippen molar-refractivity contribution in [1.82, 2.24) is 5.32 Å². The second-order valence-corrected chi connectivity index (χ2v) is 4.83. The summed E-state index contributed by atoms with van der Waals surface area (Å²) in [6, 6.07) is 5.10. The minimum absolute atomic E-state index is 0.0812. The Bertz CT molecular complexity index is 410. The van der Waals surface area contributed by atoms with E-state index in [1.54, 1.807) is 12.1 Å². The van der Waals surface area contributed by atoms with Crippen LogP contribution >= 0.6 is 11.6 Å². The van der Waals surface area contributed by atoms with Crippen LogP contribution in [0.4, 0.5) is 5.69 Å². The van der Waals surface area contributed by atoms with Crippen LogP contribution in [0.1, 0.15) is 38.7 Å². The Kier molecular flexibility index (Phi) is 6.09. The van der Waals surface area contributed by atoms with E-state index in [0.29, 0.717) is 23.2 Å². The van der Waals surface area contributed by atoms with Crippen LogP contribution in [0, 0.1) is 10.1 Å². The monoisotopic (exact) mass is 270 g/mol. The minimum Gasteiger partial charge on any atom is -0.310 e. The van der Waals surface area contributed by atoms with Crippen molar-refractivity contribution in [2.75, 3.05) is 0 Å². The van der Waals surface area contributed by atoms with Gasteiger partial charge in [0.2, 0.25) is 0 Å². The zero-order valence-corrected chi connectivity index (χ0v) is 11.5. The van der Waals surface area contributed by atoms with Crippen LogP contribution < -0.4 is 5.32 Å². The molecule has 0 amide bonds. The molecule has 0 saturated carbocycles. The minimum atomic E-state index is -0.389. The maximum Gasteiger partial charge on any atom is 0.275 e. The summed E-state index contributed by atoms with van der Waals surface area (Å²) in [4.78, 5) is 10.5. The van der Waals surface area contributed by atoms with Crippen LogP contribution in [0.15, 0.2) is 18.2 Å². The van der Waals surface area contributed by atoms with E-state index < -0.39 is 0 Å². The number of nitro groups is 1. The molecule has 100 valence electrons. The highest BCUT2D eigenvalue weighted by Crippen LogP contribution is 2.26. The maximum absolute atomic E-state index is 10.9. The van der Waals surface area contributed by atoms with Crippen LogP contribution in [0.3, 0.4) is 0 Å². The van der Waals surface area contributed by atoms with Crippen LogP contribution in [-0.2, 0) is 6.54 Å². The van der Waals surface area contributed by atoms with Crippen molar-refractivity contribution >= 4 is 17.3 Å². The fourth-order valence-electron chi connectivity index (χ4n) is 1.78. The molecule has 0 aliphatic heterocycles. The fourth-order valence-corrected chi connectivity index (χ4v) is 2.02. The number of nitrogens with zero attached hydrogens (tertiary/aromatic N) is 1. The maximum atomic E-state index is 10.9. The van der Waals surface area contributed by atoms with Gasteiger partial charge in [0.05, 0.1) is 15.5 Å². The smallest absolute Gasteiger partial charge is 0.275 e. The van der Waals surface area contributed by atoms with Gasteiger partial charge in [0, 0.05) is 18.7 Å². The van der Waals surface area contributed by atoms with Crippen LogP contribution in [0.2, 0.25) is 5.02 Å². The van der Waals surface area contributed by atoms with Gasteiger partial charge in [-0.05, 0) is 19.4 Å². The summed E-state index contributed by atoms with van der Waals surface area (Å²) < 4.78 is 0. The predicted molar refractivity (Wildman–Crippen MR) is 73.9 cm³/mol. The Morgan fingerprint density at radius 2 is 2.22 bits per heavy atom. The lowest BCUT2D eigenvalue weighted by molar-refractivity contribution is -0.385. The average molecular weight is 271 g/mol. The van der Waals surface area contributed by atoms with E-state index in [9.17, 15) is 10.1 Å². The molecule has 0 aliphatic rings. The van der Waals surface area contributed by atoms with Crippen molar-refractivity contribution in [2.24, 2.45) is 0 Å².